The molecule has 1 unspecified atom stereocenters. The first-order chi connectivity index (χ1) is 7.77. The van der Waals surface area contributed by atoms with E-state index in [2.05, 4.69) is 5.16 Å². The number of oxime groups is 1. The number of hydrogen-bond donors (Lipinski definition) is 1. The number of carbonyl (C=O) groups excluding carboxylic acids is 1. The van der Waals surface area contributed by atoms with Crippen LogP contribution in [0, 0.1) is 10.1 Å². The fraction of sp³-hybridized carbons (Fsp3) is 0.778. The fourth-order valence-electron chi connectivity index (χ4n) is 0.843. The highest BCUT2D eigenvalue weighted by Gasteiger charge is 2.40. The second-order valence-corrected chi connectivity index (χ2v) is 5.06. The summed E-state index contributed by atoms with van der Waals surface area (Å²) in [6, 6.07) is 0. The van der Waals surface area contributed by atoms with Crippen molar-refractivity contribution in [3.63, 3.8) is 0 Å². The van der Waals surface area contributed by atoms with E-state index in [9.17, 15) is 14.9 Å². The lowest BCUT2D eigenvalue weighted by atomic mass is 10.1. The Labute approximate surface area is 103 Å². The number of ether oxygens (including phenoxy) is 1. The molecular weight excluding hydrogens is 248 g/mol. The molecule has 0 heterocycles. The quantitative estimate of drug-likeness (QED) is 0.202. The maximum atomic E-state index is 11.3. The summed E-state index contributed by atoms with van der Waals surface area (Å²) in [4.78, 5) is 21.5. The van der Waals surface area contributed by atoms with Gasteiger partial charge in [0.15, 0.2) is 5.04 Å². The Balaban J connectivity index is 4.75. The van der Waals surface area contributed by atoms with Gasteiger partial charge in [-0.2, -0.15) is 0 Å². The van der Waals surface area contributed by atoms with Crippen molar-refractivity contribution in [2.24, 2.45) is 5.16 Å². The Bertz CT molecular complexity index is 329. The van der Waals surface area contributed by atoms with Crippen LogP contribution in [0.3, 0.4) is 0 Å². The highest BCUT2D eigenvalue weighted by molar-refractivity contribution is 8.15. The molecule has 0 aliphatic carbocycles. The number of hydrogen-bond acceptors (Lipinski definition) is 7. The second-order valence-electron chi connectivity index (χ2n) is 3.73. The molecule has 0 saturated carbocycles. The van der Waals surface area contributed by atoms with Crippen molar-refractivity contribution < 1.29 is 19.7 Å². The van der Waals surface area contributed by atoms with Crippen LogP contribution in [0.4, 0.5) is 0 Å². The third-order valence-electron chi connectivity index (χ3n) is 1.98. The van der Waals surface area contributed by atoms with E-state index in [0.29, 0.717) is 0 Å². The van der Waals surface area contributed by atoms with Gasteiger partial charge in [0, 0.05) is 18.8 Å². The molecule has 8 heteroatoms. The molecule has 98 valence electrons. The molecule has 0 aromatic carbocycles. The van der Waals surface area contributed by atoms with Gasteiger partial charge in [0.1, 0.15) is 5.25 Å². The number of nitro groups is 1. The summed E-state index contributed by atoms with van der Waals surface area (Å²) in [5.41, 5.74) is -1.54. The SMILES string of the molecule is CCOC(=O)C(C)SC(=NO)C(C)(C)[N+](=O)[O-]. The van der Waals surface area contributed by atoms with E-state index in [1.807, 2.05) is 0 Å². The van der Waals surface area contributed by atoms with Crippen molar-refractivity contribution in [1.29, 1.82) is 0 Å². The first-order valence-electron chi connectivity index (χ1n) is 4.97. The first-order valence-corrected chi connectivity index (χ1v) is 5.85. The summed E-state index contributed by atoms with van der Waals surface area (Å²) < 4.78 is 4.76. The van der Waals surface area contributed by atoms with Crippen LogP contribution in [0.25, 0.3) is 0 Å². The minimum Gasteiger partial charge on any atom is -0.465 e. The Morgan fingerprint density at radius 1 is 1.65 bits per heavy atom. The van der Waals surface area contributed by atoms with E-state index >= 15 is 0 Å². The third kappa shape index (κ3) is 4.22. The molecule has 0 amide bonds. The second kappa shape index (κ2) is 6.43. The highest BCUT2D eigenvalue weighted by Crippen LogP contribution is 2.24. The predicted molar refractivity (Wildman–Crippen MR) is 64.0 cm³/mol. The molecule has 7 nitrogen and oxygen atoms in total. The summed E-state index contributed by atoms with van der Waals surface area (Å²) in [5.74, 6) is -0.502. The normalized spacial score (nSPS) is 14.2. The smallest absolute Gasteiger partial charge is 0.319 e. The van der Waals surface area contributed by atoms with Crippen LogP contribution in [-0.4, -0.2) is 38.5 Å². The Morgan fingerprint density at radius 3 is 2.53 bits per heavy atom. The zero-order valence-corrected chi connectivity index (χ0v) is 11.0. The average Bonchev–Trinajstić information content (AvgIpc) is 2.25. The summed E-state index contributed by atoms with van der Waals surface area (Å²) in [5, 5.41) is 21.7. The van der Waals surface area contributed by atoms with Crippen LogP contribution in [0.1, 0.15) is 27.7 Å². The molecule has 0 fully saturated rings. The molecule has 0 bridgehead atoms. The largest absolute Gasteiger partial charge is 0.465 e. The standard InChI is InChI=1S/C9H16N2O5S/c1-5-16-7(12)6(2)17-8(10-13)9(3,4)11(14)15/h6,13H,5H2,1-4H3. The van der Waals surface area contributed by atoms with Crippen LogP contribution in [0.5, 0.6) is 0 Å². The maximum absolute atomic E-state index is 11.3. The van der Waals surface area contributed by atoms with Gasteiger partial charge < -0.3 is 9.94 Å². The molecule has 1 N–H and O–H groups in total. The monoisotopic (exact) mass is 264 g/mol. The number of thioether (sulfide) groups is 1. The van der Waals surface area contributed by atoms with Gasteiger partial charge in [-0.05, 0) is 13.8 Å². The number of carbonyl (C=O) groups is 1. The van der Waals surface area contributed by atoms with Crippen molar-refractivity contribution in [1.82, 2.24) is 0 Å². The van der Waals surface area contributed by atoms with Crippen LogP contribution in [0.15, 0.2) is 5.16 Å². The zero-order valence-electron chi connectivity index (χ0n) is 10.2. The lowest BCUT2D eigenvalue weighted by Gasteiger charge is -2.18. The van der Waals surface area contributed by atoms with E-state index in [1.54, 1.807) is 6.92 Å². The van der Waals surface area contributed by atoms with Crippen molar-refractivity contribution in [2.75, 3.05) is 6.61 Å². The molecule has 0 saturated heterocycles. The zero-order chi connectivity index (χ0) is 13.6. The molecule has 0 aliphatic heterocycles. The van der Waals surface area contributed by atoms with E-state index in [4.69, 9.17) is 9.94 Å². The first kappa shape index (κ1) is 15.7. The number of rotatable bonds is 5. The molecule has 0 aliphatic rings. The summed E-state index contributed by atoms with van der Waals surface area (Å²) in [6.45, 7) is 6.02. The number of esters is 1. The average molecular weight is 264 g/mol. The Hall–Kier alpha value is -1.31. The van der Waals surface area contributed by atoms with E-state index in [0.717, 1.165) is 11.8 Å². The molecule has 0 spiro atoms. The van der Waals surface area contributed by atoms with Gasteiger partial charge >= 0.3 is 5.97 Å². The molecule has 17 heavy (non-hydrogen) atoms. The van der Waals surface area contributed by atoms with E-state index in [-0.39, 0.29) is 11.7 Å². The van der Waals surface area contributed by atoms with Gasteiger partial charge in [-0.15, -0.1) is 0 Å². The van der Waals surface area contributed by atoms with Crippen LogP contribution in [-0.2, 0) is 9.53 Å². The minimum absolute atomic E-state index is 0.136. The molecule has 0 aromatic heterocycles. The van der Waals surface area contributed by atoms with Crippen molar-refractivity contribution in [2.45, 2.75) is 38.5 Å². The van der Waals surface area contributed by atoms with E-state index < -0.39 is 21.7 Å². The van der Waals surface area contributed by atoms with Crippen LogP contribution < -0.4 is 0 Å². The molecule has 0 aromatic rings. The third-order valence-corrected chi connectivity index (χ3v) is 3.33. The topological polar surface area (TPSA) is 102 Å². The maximum Gasteiger partial charge on any atom is 0.319 e. The number of nitrogens with zero attached hydrogens (tertiary/aromatic N) is 2. The van der Waals surface area contributed by atoms with Crippen molar-refractivity contribution >= 4 is 22.8 Å². The minimum atomic E-state index is -1.54. The van der Waals surface area contributed by atoms with Crippen molar-refractivity contribution in [3.05, 3.63) is 10.1 Å². The summed E-state index contributed by atoms with van der Waals surface area (Å²) >= 11 is 0.812. The van der Waals surface area contributed by atoms with Crippen molar-refractivity contribution in [3.8, 4) is 0 Å². The Kier molecular flexibility index (Phi) is 5.94. The summed E-state index contributed by atoms with van der Waals surface area (Å²) in [6.07, 6.45) is 0. The van der Waals surface area contributed by atoms with Gasteiger partial charge in [0.05, 0.1) is 6.61 Å². The lowest BCUT2D eigenvalue weighted by Crippen LogP contribution is -2.40. The van der Waals surface area contributed by atoms with Crippen LogP contribution >= 0.6 is 11.8 Å². The lowest BCUT2D eigenvalue weighted by molar-refractivity contribution is -0.537. The van der Waals surface area contributed by atoms with Gasteiger partial charge in [0.25, 0.3) is 5.54 Å². The molecule has 0 rings (SSSR count). The molecule has 0 radical (unpaired) electrons. The predicted octanol–water partition coefficient (Wildman–Crippen LogP) is 1.51. The highest BCUT2D eigenvalue weighted by atomic mass is 32.2. The Morgan fingerprint density at radius 2 is 2.18 bits per heavy atom. The van der Waals surface area contributed by atoms with E-state index in [1.165, 1.54) is 20.8 Å². The van der Waals surface area contributed by atoms with Gasteiger partial charge in [-0.3, -0.25) is 14.9 Å². The van der Waals surface area contributed by atoms with Gasteiger partial charge in [0.2, 0.25) is 0 Å². The fourth-order valence-corrected chi connectivity index (χ4v) is 1.75. The molecular formula is C9H16N2O5S. The van der Waals surface area contributed by atoms with Gasteiger partial charge in [-0.1, -0.05) is 16.9 Å². The molecule has 1 atom stereocenters. The van der Waals surface area contributed by atoms with Gasteiger partial charge in [-0.25, -0.2) is 0 Å². The van der Waals surface area contributed by atoms with Crippen LogP contribution in [0.2, 0.25) is 0 Å². The summed E-state index contributed by atoms with van der Waals surface area (Å²) in [7, 11) is 0.